The van der Waals surface area contributed by atoms with E-state index in [1.54, 1.807) is 0 Å². The van der Waals surface area contributed by atoms with Crippen LogP contribution in [0, 0.1) is 5.92 Å². The zero-order valence-corrected chi connectivity index (χ0v) is 10.9. The first kappa shape index (κ1) is 12.4. The van der Waals surface area contributed by atoms with Crippen molar-refractivity contribution >= 4 is 0 Å². The molecule has 0 bridgehead atoms. The number of ether oxygens (including phenoxy) is 1. The number of hydrogen-bond acceptors (Lipinski definition) is 2. The molecule has 2 N–H and O–H groups in total. The van der Waals surface area contributed by atoms with Gasteiger partial charge in [-0.15, -0.1) is 0 Å². The quantitative estimate of drug-likeness (QED) is 0.864. The average Bonchev–Trinajstić information content (AvgIpc) is 2.73. The normalized spacial score (nSPS) is 28.3. The van der Waals surface area contributed by atoms with Crippen LogP contribution in [0.5, 0.6) is 5.75 Å². The minimum Gasteiger partial charge on any atom is -0.494 e. The molecule has 0 aromatic heterocycles. The molecule has 0 aliphatic heterocycles. The van der Waals surface area contributed by atoms with Gasteiger partial charge in [0.15, 0.2) is 0 Å². The molecular weight excluding hydrogens is 210 g/mol. The lowest BCUT2D eigenvalue weighted by atomic mass is 9.87. The Hall–Kier alpha value is -1.02. The van der Waals surface area contributed by atoms with Gasteiger partial charge >= 0.3 is 0 Å². The van der Waals surface area contributed by atoms with Gasteiger partial charge in [-0.05, 0) is 38.2 Å². The maximum Gasteiger partial charge on any atom is 0.124 e. The Morgan fingerprint density at radius 2 is 2.12 bits per heavy atom. The van der Waals surface area contributed by atoms with E-state index in [0.29, 0.717) is 6.61 Å². The second-order valence-electron chi connectivity index (χ2n) is 5.10. The van der Waals surface area contributed by atoms with Crippen LogP contribution in [0.2, 0.25) is 0 Å². The van der Waals surface area contributed by atoms with Crippen LogP contribution < -0.4 is 10.5 Å². The van der Waals surface area contributed by atoms with Crippen molar-refractivity contribution in [3.05, 3.63) is 29.8 Å². The molecule has 0 saturated heterocycles. The molecule has 0 heterocycles. The largest absolute Gasteiger partial charge is 0.494 e. The highest BCUT2D eigenvalue weighted by Crippen LogP contribution is 2.44. The van der Waals surface area contributed by atoms with E-state index in [-0.39, 0.29) is 5.54 Å². The Bertz CT molecular complexity index is 377. The van der Waals surface area contributed by atoms with Gasteiger partial charge in [-0.2, -0.15) is 0 Å². The molecule has 2 rings (SSSR count). The topological polar surface area (TPSA) is 35.2 Å². The fraction of sp³-hybridized carbons (Fsp3) is 0.600. The number of para-hydroxylation sites is 1. The molecule has 1 aromatic carbocycles. The van der Waals surface area contributed by atoms with Crippen LogP contribution in [0.1, 0.15) is 45.1 Å². The molecule has 17 heavy (non-hydrogen) atoms. The number of nitrogens with two attached hydrogens (primary N) is 1. The summed E-state index contributed by atoms with van der Waals surface area (Å²) in [6, 6.07) is 8.24. The van der Waals surface area contributed by atoms with Crippen LogP contribution >= 0.6 is 0 Å². The summed E-state index contributed by atoms with van der Waals surface area (Å²) >= 11 is 0. The smallest absolute Gasteiger partial charge is 0.124 e. The van der Waals surface area contributed by atoms with Gasteiger partial charge in [0.25, 0.3) is 0 Å². The molecule has 0 radical (unpaired) electrons. The summed E-state index contributed by atoms with van der Waals surface area (Å²) in [4.78, 5) is 0. The van der Waals surface area contributed by atoms with Gasteiger partial charge in [0, 0.05) is 11.1 Å². The summed E-state index contributed by atoms with van der Waals surface area (Å²) in [5.74, 6) is 1.74. The lowest BCUT2D eigenvalue weighted by Crippen LogP contribution is -2.34. The molecular formula is C15H23NO. The minimum absolute atomic E-state index is 0.174. The van der Waals surface area contributed by atoms with E-state index in [1.807, 2.05) is 19.1 Å². The third-order valence-electron chi connectivity index (χ3n) is 3.95. The van der Waals surface area contributed by atoms with Crippen LogP contribution in [-0.4, -0.2) is 6.61 Å². The first-order valence-electron chi connectivity index (χ1n) is 6.70. The molecule has 94 valence electrons. The second-order valence-corrected chi connectivity index (χ2v) is 5.10. The van der Waals surface area contributed by atoms with Gasteiger partial charge in [-0.25, -0.2) is 0 Å². The molecule has 1 aliphatic carbocycles. The molecule has 1 saturated carbocycles. The fourth-order valence-electron chi connectivity index (χ4n) is 2.93. The van der Waals surface area contributed by atoms with Crippen molar-refractivity contribution < 1.29 is 4.74 Å². The SMILES string of the molecule is CCOc1ccccc1C1(N)CCC(CC)C1. The summed E-state index contributed by atoms with van der Waals surface area (Å²) in [7, 11) is 0. The Morgan fingerprint density at radius 3 is 2.76 bits per heavy atom. The molecule has 0 spiro atoms. The highest BCUT2D eigenvalue weighted by molar-refractivity contribution is 5.39. The predicted molar refractivity (Wildman–Crippen MR) is 71.1 cm³/mol. The Balaban J connectivity index is 2.27. The van der Waals surface area contributed by atoms with Crippen LogP contribution in [-0.2, 0) is 5.54 Å². The van der Waals surface area contributed by atoms with Crippen molar-refractivity contribution in [3.63, 3.8) is 0 Å². The molecule has 2 atom stereocenters. The maximum atomic E-state index is 6.60. The highest BCUT2D eigenvalue weighted by Gasteiger charge is 2.38. The predicted octanol–water partition coefficient (Wildman–Crippen LogP) is 3.45. The van der Waals surface area contributed by atoms with Crippen LogP contribution in [0.4, 0.5) is 0 Å². The third-order valence-corrected chi connectivity index (χ3v) is 3.95. The lowest BCUT2D eigenvalue weighted by molar-refractivity contribution is 0.320. The van der Waals surface area contributed by atoms with E-state index in [9.17, 15) is 0 Å². The number of hydrogen-bond donors (Lipinski definition) is 1. The zero-order valence-electron chi connectivity index (χ0n) is 10.9. The number of rotatable bonds is 4. The monoisotopic (exact) mass is 233 g/mol. The highest BCUT2D eigenvalue weighted by atomic mass is 16.5. The zero-order chi connectivity index (χ0) is 12.3. The van der Waals surface area contributed by atoms with E-state index >= 15 is 0 Å². The van der Waals surface area contributed by atoms with Gasteiger partial charge in [-0.3, -0.25) is 0 Å². The minimum atomic E-state index is -0.174. The average molecular weight is 233 g/mol. The van der Waals surface area contributed by atoms with Crippen LogP contribution in [0.25, 0.3) is 0 Å². The summed E-state index contributed by atoms with van der Waals surface area (Å²) in [6.07, 6.45) is 4.65. The molecule has 1 aromatic rings. The van der Waals surface area contributed by atoms with Crippen molar-refractivity contribution in [2.75, 3.05) is 6.61 Å². The molecule has 2 heteroatoms. The van der Waals surface area contributed by atoms with E-state index in [4.69, 9.17) is 10.5 Å². The summed E-state index contributed by atoms with van der Waals surface area (Å²) < 4.78 is 5.70. The number of benzene rings is 1. The maximum absolute atomic E-state index is 6.60. The van der Waals surface area contributed by atoms with Crippen molar-refractivity contribution in [2.24, 2.45) is 11.7 Å². The lowest BCUT2D eigenvalue weighted by Gasteiger charge is -2.27. The summed E-state index contributed by atoms with van der Waals surface area (Å²) in [5.41, 5.74) is 7.62. The Morgan fingerprint density at radius 1 is 1.35 bits per heavy atom. The first-order chi connectivity index (χ1) is 8.19. The van der Waals surface area contributed by atoms with Crippen LogP contribution in [0.3, 0.4) is 0 Å². The molecule has 2 nitrogen and oxygen atoms in total. The van der Waals surface area contributed by atoms with Gasteiger partial charge < -0.3 is 10.5 Å². The first-order valence-corrected chi connectivity index (χ1v) is 6.70. The van der Waals surface area contributed by atoms with Gasteiger partial charge in [0.2, 0.25) is 0 Å². The molecule has 1 aliphatic rings. The van der Waals surface area contributed by atoms with Crippen molar-refractivity contribution in [1.82, 2.24) is 0 Å². The van der Waals surface area contributed by atoms with Crippen LogP contribution in [0.15, 0.2) is 24.3 Å². The Kier molecular flexibility index (Phi) is 3.72. The van der Waals surface area contributed by atoms with Gasteiger partial charge in [-0.1, -0.05) is 31.5 Å². The molecule has 1 fully saturated rings. The molecule has 0 amide bonds. The van der Waals surface area contributed by atoms with E-state index in [2.05, 4.69) is 19.1 Å². The summed E-state index contributed by atoms with van der Waals surface area (Å²) in [6.45, 7) is 4.97. The van der Waals surface area contributed by atoms with E-state index in [1.165, 1.54) is 18.4 Å². The fourth-order valence-corrected chi connectivity index (χ4v) is 2.93. The second kappa shape index (κ2) is 5.09. The van der Waals surface area contributed by atoms with Crippen molar-refractivity contribution in [3.8, 4) is 5.75 Å². The summed E-state index contributed by atoms with van der Waals surface area (Å²) in [5, 5.41) is 0. The standard InChI is InChI=1S/C15H23NO/c1-3-12-9-10-15(16,11-12)13-7-5-6-8-14(13)17-4-2/h5-8,12H,3-4,9-11,16H2,1-2H3. The third kappa shape index (κ3) is 2.47. The van der Waals surface area contributed by atoms with E-state index in [0.717, 1.165) is 24.5 Å². The Labute approximate surface area is 104 Å². The molecule has 2 unspecified atom stereocenters. The van der Waals surface area contributed by atoms with Crippen molar-refractivity contribution in [2.45, 2.75) is 45.1 Å². The van der Waals surface area contributed by atoms with Gasteiger partial charge in [0.1, 0.15) is 5.75 Å². The van der Waals surface area contributed by atoms with E-state index < -0.39 is 0 Å². The van der Waals surface area contributed by atoms with Crippen molar-refractivity contribution in [1.29, 1.82) is 0 Å². The van der Waals surface area contributed by atoms with Gasteiger partial charge in [0.05, 0.1) is 6.61 Å².